The highest BCUT2D eigenvalue weighted by atomic mass is 35.5. The first-order chi connectivity index (χ1) is 9.79. The van der Waals surface area contributed by atoms with Gasteiger partial charge in [-0.3, -0.25) is 4.90 Å². The van der Waals surface area contributed by atoms with E-state index in [1.54, 1.807) is 4.90 Å². The number of nitrogens with one attached hydrogen (secondary N) is 1. The predicted octanol–water partition coefficient (Wildman–Crippen LogP) is 4.97. The number of rotatable bonds is 3. The van der Waals surface area contributed by atoms with E-state index in [1.807, 2.05) is 0 Å². The van der Waals surface area contributed by atoms with Crippen molar-refractivity contribution in [1.29, 1.82) is 0 Å². The Morgan fingerprint density at radius 1 is 1.09 bits per heavy atom. The maximum Gasteiger partial charge on any atom is 0.390 e. The van der Waals surface area contributed by atoms with Crippen molar-refractivity contribution < 1.29 is 13.2 Å². The lowest BCUT2D eigenvalue weighted by Gasteiger charge is -2.36. The van der Waals surface area contributed by atoms with Crippen LogP contribution in [-0.2, 0) is 0 Å². The van der Waals surface area contributed by atoms with E-state index in [0.717, 1.165) is 0 Å². The summed E-state index contributed by atoms with van der Waals surface area (Å²) in [5.41, 5.74) is 0.255. The molecule has 22 heavy (non-hydrogen) atoms. The van der Waals surface area contributed by atoms with E-state index in [2.05, 4.69) is 5.32 Å². The summed E-state index contributed by atoms with van der Waals surface area (Å²) in [7, 11) is 0. The zero-order valence-electron chi connectivity index (χ0n) is 11.4. The van der Waals surface area contributed by atoms with Crippen molar-refractivity contribution >= 4 is 47.2 Å². The van der Waals surface area contributed by atoms with E-state index in [9.17, 15) is 13.2 Å². The second-order valence-corrected chi connectivity index (χ2v) is 6.07. The van der Waals surface area contributed by atoms with Crippen molar-refractivity contribution in [1.82, 2.24) is 10.2 Å². The molecule has 1 saturated heterocycles. The van der Waals surface area contributed by atoms with Gasteiger partial charge in [0.15, 0.2) is 0 Å². The molecule has 0 spiro atoms. The van der Waals surface area contributed by atoms with Gasteiger partial charge in [-0.1, -0.05) is 34.8 Å². The smallest absolute Gasteiger partial charge is 0.314 e. The molecule has 1 aromatic rings. The molecule has 0 aliphatic carbocycles. The molecule has 0 aromatic heterocycles. The Kier molecular flexibility index (Phi) is 7.57. The Balaban J connectivity index is 0.00000242. The van der Waals surface area contributed by atoms with Gasteiger partial charge in [-0.15, -0.1) is 12.4 Å². The van der Waals surface area contributed by atoms with Crippen LogP contribution in [0.2, 0.25) is 15.1 Å². The summed E-state index contributed by atoms with van der Waals surface area (Å²) in [6.07, 6.45) is -5.32. The number of hydrogen-bond donors (Lipinski definition) is 1. The normalized spacial score (nSPS) is 17.9. The van der Waals surface area contributed by atoms with E-state index >= 15 is 0 Å². The fraction of sp³-hybridized carbons (Fsp3) is 0.538. The van der Waals surface area contributed by atoms with Crippen LogP contribution in [0.15, 0.2) is 12.1 Å². The Hall–Kier alpha value is 0.0900. The molecule has 0 amide bonds. The molecule has 0 radical (unpaired) electrons. The van der Waals surface area contributed by atoms with Crippen LogP contribution in [0.25, 0.3) is 0 Å². The molecule has 1 atom stereocenters. The SMILES string of the molecule is Cl.FC(F)(F)C[C@@H](c1c(Cl)ccc(Cl)c1Cl)N1CCNCC1. The molecular weight excluding hydrogens is 383 g/mol. The molecule has 1 aromatic carbocycles. The van der Waals surface area contributed by atoms with Crippen molar-refractivity contribution in [2.24, 2.45) is 0 Å². The van der Waals surface area contributed by atoms with Gasteiger partial charge in [0.2, 0.25) is 0 Å². The molecule has 0 unspecified atom stereocenters. The van der Waals surface area contributed by atoms with Crippen LogP contribution >= 0.6 is 47.2 Å². The Labute approximate surface area is 148 Å². The highest BCUT2D eigenvalue weighted by Gasteiger charge is 2.38. The first-order valence-corrected chi connectivity index (χ1v) is 7.58. The number of piperazine rings is 1. The topological polar surface area (TPSA) is 15.3 Å². The minimum Gasteiger partial charge on any atom is -0.314 e. The summed E-state index contributed by atoms with van der Waals surface area (Å²) >= 11 is 18.1. The highest BCUT2D eigenvalue weighted by molar-refractivity contribution is 6.44. The van der Waals surface area contributed by atoms with Crippen LogP contribution in [0.5, 0.6) is 0 Å². The molecule has 9 heteroatoms. The number of hydrogen-bond acceptors (Lipinski definition) is 2. The highest BCUT2D eigenvalue weighted by Crippen LogP contribution is 2.42. The zero-order valence-corrected chi connectivity index (χ0v) is 14.5. The largest absolute Gasteiger partial charge is 0.390 e. The van der Waals surface area contributed by atoms with Gasteiger partial charge in [0, 0.05) is 42.8 Å². The van der Waals surface area contributed by atoms with E-state index in [-0.39, 0.29) is 33.0 Å². The summed E-state index contributed by atoms with van der Waals surface area (Å²) < 4.78 is 38.8. The molecule has 1 aliphatic rings. The van der Waals surface area contributed by atoms with E-state index < -0.39 is 18.6 Å². The second-order valence-electron chi connectivity index (χ2n) is 4.88. The van der Waals surface area contributed by atoms with Crippen molar-refractivity contribution in [3.8, 4) is 0 Å². The van der Waals surface area contributed by atoms with Gasteiger partial charge in [0.1, 0.15) is 0 Å². The zero-order chi connectivity index (χ0) is 15.6. The van der Waals surface area contributed by atoms with Crippen molar-refractivity contribution in [3.63, 3.8) is 0 Å². The summed E-state index contributed by atoms with van der Waals surface area (Å²) in [5, 5.41) is 3.62. The van der Waals surface area contributed by atoms with Gasteiger partial charge in [-0.2, -0.15) is 13.2 Å². The van der Waals surface area contributed by atoms with Crippen LogP contribution in [0.3, 0.4) is 0 Å². The fourth-order valence-electron chi connectivity index (χ4n) is 2.47. The molecule has 1 aliphatic heterocycles. The monoisotopic (exact) mass is 396 g/mol. The minimum atomic E-state index is -4.31. The van der Waals surface area contributed by atoms with E-state index in [0.29, 0.717) is 26.2 Å². The van der Waals surface area contributed by atoms with Crippen LogP contribution in [-0.4, -0.2) is 37.3 Å². The molecule has 2 nitrogen and oxygen atoms in total. The third-order valence-corrected chi connectivity index (χ3v) is 4.58. The van der Waals surface area contributed by atoms with Gasteiger partial charge in [0.05, 0.1) is 16.5 Å². The maximum atomic E-state index is 12.9. The number of nitrogens with zero attached hydrogens (tertiary/aromatic N) is 1. The lowest BCUT2D eigenvalue weighted by molar-refractivity contribution is -0.148. The molecule has 1 N–H and O–H groups in total. The van der Waals surface area contributed by atoms with Gasteiger partial charge < -0.3 is 5.32 Å². The average Bonchev–Trinajstić information content (AvgIpc) is 2.42. The number of benzene rings is 1. The predicted molar refractivity (Wildman–Crippen MR) is 86.6 cm³/mol. The van der Waals surface area contributed by atoms with Crippen molar-refractivity contribution in [2.45, 2.75) is 18.6 Å². The summed E-state index contributed by atoms with van der Waals surface area (Å²) in [6, 6.07) is 2.04. The van der Waals surface area contributed by atoms with Crippen LogP contribution in [0.1, 0.15) is 18.0 Å². The standard InChI is InChI=1S/C13H14Cl3F3N2.ClH/c14-8-1-2-9(15)12(16)11(8)10(7-13(17,18)19)21-5-3-20-4-6-21;/h1-2,10,20H,3-7H2;1H/t10-;/m0./s1. The minimum absolute atomic E-state index is 0. The quantitative estimate of drug-likeness (QED) is 0.724. The fourth-order valence-corrected chi connectivity index (χ4v) is 3.26. The third-order valence-electron chi connectivity index (χ3n) is 3.43. The molecule has 2 rings (SSSR count). The van der Waals surface area contributed by atoms with Crippen molar-refractivity contribution in [2.75, 3.05) is 26.2 Å². The Morgan fingerprint density at radius 3 is 2.18 bits per heavy atom. The lowest BCUT2D eigenvalue weighted by atomic mass is 10.0. The van der Waals surface area contributed by atoms with Gasteiger partial charge >= 0.3 is 6.18 Å². The van der Waals surface area contributed by atoms with Gasteiger partial charge in [0.25, 0.3) is 0 Å². The molecule has 0 bridgehead atoms. The summed E-state index contributed by atoms with van der Waals surface area (Å²) in [6.45, 7) is 2.26. The van der Waals surface area contributed by atoms with E-state index in [4.69, 9.17) is 34.8 Å². The molecule has 0 saturated carbocycles. The molecular formula is C13H15Cl4F3N2. The van der Waals surface area contributed by atoms with E-state index in [1.165, 1.54) is 12.1 Å². The van der Waals surface area contributed by atoms with Crippen LogP contribution in [0.4, 0.5) is 13.2 Å². The van der Waals surface area contributed by atoms with Gasteiger partial charge in [-0.25, -0.2) is 0 Å². The molecule has 126 valence electrons. The van der Waals surface area contributed by atoms with Crippen LogP contribution in [0, 0.1) is 0 Å². The lowest BCUT2D eigenvalue weighted by Crippen LogP contribution is -2.46. The average molecular weight is 398 g/mol. The molecule has 1 heterocycles. The van der Waals surface area contributed by atoms with Crippen molar-refractivity contribution in [3.05, 3.63) is 32.8 Å². The first-order valence-electron chi connectivity index (χ1n) is 6.44. The second kappa shape index (κ2) is 8.27. The summed E-state index contributed by atoms with van der Waals surface area (Å²) in [5.74, 6) is 0. The van der Waals surface area contributed by atoms with Crippen LogP contribution < -0.4 is 5.32 Å². The number of halogens is 7. The maximum absolute atomic E-state index is 12.9. The first kappa shape index (κ1) is 20.1. The Bertz CT molecular complexity index is 505. The number of alkyl halides is 3. The summed E-state index contributed by atoms with van der Waals surface area (Å²) in [4.78, 5) is 1.74. The Morgan fingerprint density at radius 2 is 1.64 bits per heavy atom. The van der Waals surface area contributed by atoms with Gasteiger partial charge in [-0.05, 0) is 12.1 Å². The molecule has 1 fully saturated rings. The third kappa shape index (κ3) is 5.05.